The van der Waals surface area contributed by atoms with Gasteiger partial charge < -0.3 is 19.7 Å². The van der Waals surface area contributed by atoms with Crippen molar-refractivity contribution in [1.29, 1.82) is 0 Å². The quantitative estimate of drug-likeness (QED) is 0.560. The van der Waals surface area contributed by atoms with Gasteiger partial charge in [0.15, 0.2) is 0 Å². The van der Waals surface area contributed by atoms with Crippen LogP contribution in [0.5, 0.6) is 5.75 Å². The maximum absolute atomic E-state index is 13.2. The summed E-state index contributed by atoms with van der Waals surface area (Å²) in [6.07, 6.45) is 12.5. The number of carbonyl (C=O) groups is 1. The molecule has 0 unspecified atom stereocenters. The predicted molar refractivity (Wildman–Crippen MR) is 141 cm³/mol. The fourth-order valence-corrected chi connectivity index (χ4v) is 5.17. The van der Waals surface area contributed by atoms with Gasteiger partial charge in [-0.1, -0.05) is 0 Å². The van der Waals surface area contributed by atoms with E-state index in [1.54, 1.807) is 16.5 Å². The van der Waals surface area contributed by atoms with E-state index in [1.165, 1.54) is 12.8 Å². The molecule has 1 heterocycles. The van der Waals surface area contributed by atoms with Crippen molar-refractivity contribution in [1.82, 2.24) is 19.4 Å². The van der Waals surface area contributed by atoms with Gasteiger partial charge in [-0.3, -0.25) is 9.13 Å². The minimum atomic E-state index is -0.485. The first-order chi connectivity index (χ1) is 17.2. The van der Waals surface area contributed by atoms with Crippen LogP contribution in [0, 0.1) is 0 Å². The number of nitrogens with one attached hydrogen (secondary N) is 1. The predicted octanol–water partition coefficient (Wildman–Crippen LogP) is 4.90. The second kappa shape index (κ2) is 11.5. The summed E-state index contributed by atoms with van der Waals surface area (Å²) < 4.78 is 15.1. The number of aromatic nitrogens is 2. The van der Waals surface area contributed by atoms with Crippen molar-refractivity contribution in [3.05, 3.63) is 47.1 Å². The zero-order valence-corrected chi connectivity index (χ0v) is 22.2. The van der Waals surface area contributed by atoms with E-state index in [-0.39, 0.29) is 17.8 Å². The Morgan fingerprint density at radius 2 is 1.69 bits per heavy atom. The molecule has 1 amide bonds. The van der Waals surface area contributed by atoms with Gasteiger partial charge in [0.1, 0.15) is 11.4 Å². The largest absolute Gasteiger partial charge is 0.490 e. The minimum absolute atomic E-state index is 0.00913. The first-order valence-corrected chi connectivity index (χ1v) is 13.4. The lowest BCUT2D eigenvalue weighted by atomic mass is 9.91. The summed E-state index contributed by atoms with van der Waals surface area (Å²) >= 11 is 0. The van der Waals surface area contributed by atoms with E-state index in [0.717, 1.165) is 56.5 Å². The van der Waals surface area contributed by atoms with Crippen molar-refractivity contribution in [3.8, 4) is 11.4 Å². The number of carbonyl (C=O) groups excluding carboxylic acids is 1. The van der Waals surface area contributed by atoms with E-state index < -0.39 is 5.60 Å². The molecular weight excluding hydrogens is 456 g/mol. The van der Waals surface area contributed by atoms with Gasteiger partial charge in [-0.25, -0.2) is 9.59 Å². The highest BCUT2D eigenvalue weighted by atomic mass is 16.6. The molecule has 2 aromatic rings. The first-order valence-electron chi connectivity index (χ1n) is 13.4. The normalized spacial score (nSPS) is 20.9. The zero-order chi connectivity index (χ0) is 25.7. The number of hydrogen-bond acceptors (Lipinski definition) is 5. The van der Waals surface area contributed by atoms with Crippen LogP contribution in [0.2, 0.25) is 0 Å². The van der Waals surface area contributed by atoms with Crippen LogP contribution < -0.4 is 15.7 Å². The van der Waals surface area contributed by atoms with Gasteiger partial charge in [-0.2, -0.15) is 0 Å². The van der Waals surface area contributed by atoms with Crippen molar-refractivity contribution < 1.29 is 14.3 Å². The van der Waals surface area contributed by atoms with E-state index in [1.807, 2.05) is 62.0 Å². The lowest BCUT2D eigenvalue weighted by Crippen LogP contribution is -2.41. The Hall–Kier alpha value is -2.74. The van der Waals surface area contributed by atoms with Crippen molar-refractivity contribution in [2.75, 3.05) is 20.1 Å². The van der Waals surface area contributed by atoms with Gasteiger partial charge >= 0.3 is 11.8 Å². The Bertz CT molecular complexity index is 1040. The van der Waals surface area contributed by atoms with Crippen LogP contribution in [-0.4, -0.2) is 58.0 Å². The average Bonchev–Trinajstić information content (AvgIpc) is 3.49. The molecule has 2 aliphatic carbocycles. The molecule has 1 N–H and O–H groups in total. The fourth-order valence-electron chi connectivity index (χ4n) is 5.17. The van der Waals surface area contributed by atoms with Gasteiger partial charge in [-0.05, 0) is 96.4 Å². The maximum Gasteiger partial charge on any atom is 0.410 e. The van der Waals surface area contributed by atoms with Crippen LogP contribution in [0.4, 0.5) is 4.79 Å². The highest BCUT2D eigenvalue weighted by molar-refractivity contribution is 5.67. The van der Waals surface area contributed by atoms with Crippen molar-refractivity contribution >= 4 is 6.09 Å². The molecule has 0 spiro atoms. The SMILES string of the molecule is CN(CCNC1CCC(n2ccn(-c3ccc(OC4CCCC4)cc3)c2=O)CC1)C(=O)OC(C)(C)C. The van der Waals surface area contributed by atoms with Gasteiger partial charge in [0.25, 0.3) is 0 Å². The van der Waals surface area contributed by atoms with Crippen LogP contribution in [0.3, 0.4) is 0 Å². The first kappa shape index (κ1) is 26.3. The van der Waals surface area contributed by atoms with Crippen LogP contribution in [0.15, 0.2) is 41.5 Å². The van der Waals surface area contributed by atoms with E-state index in [9.17, 15) is 9.59 Å². The molecule has 1 aromatic carbocycles. The topological polar surface area (TPSA) is 77.7 Å². The summed E-state index contributed by atoms with van der Waals surface area (Å²) in [6, 6.07) is 8.48. The molecule has 8 nitrogen and oxygen atoms in total. The Morgan fingerprint density at radius 3 is 2.33 bits per heavy atom. The van der Waals surface area contributed by atoms with E-state index in [2.05, 4.69) is 5.32 Å². The molecule has 4 rings (SSSR count). The Balaban J connectivity index is 1.24. The molecule has 198 valence electrons. The summed E-state index contributed by atoms with van der Waals surface area (Å²) in [6.45, 7) is 6.94. The third-order valence-electron chi connectivity index (χ3n) is 7.20. The van der Waals surface area contributed by atoms with Crippen LogP contribution in [-0.2, 0) is 4.74 Å². The molecule has 8 heteroatoms. The van der Waals surface area contributed by atoms with Gasteiger partial charge in [-0.15, -0.1) is 0 Å². The zero-order valence-electron chi connectivity index (χ0n) is 22.2. The van der Waals surface area contributed by atoms with E-state index in [0.29, 0.717) is 18.7 Å². The number of likely N-dealkylation sites (N-methyl/N-ethyl adjacent to an activating group) is 1. The van der Waals surface area contributed by atoms with Crippen molar-refractivity contribution in [2.45, 2.75) is 95.9 Å². The fraction of sp³-hybridized carbons (Fsp3) is 0.643. The summed E-state index contributed by atoms with van der Waals surface area (Å²) in [7, 11) is 1.76. The number of nitrogens with zero attached hydrogens (tertiary/aromatic N) is 3. The smallest absolute Gasteiger partial charge is 0.410 e. The molecule has 1 aromatic heterocycles. The van der Waals surface area contributed by atoms with Crippen LogP contribution >= 0.6 is 0 Å². The second-order valence-electron chi connectivity index (χ2n) is 11.2. The highest BCUT2D eigenvalue weighted by Gasteiger charge is 2.25. The molecule has 0 aliphatic heterocycles. The molecule has 0 bridgehead atoms. The molecule has 36 heavy (non-hydrogen) atoms. The van der Waals surface area contributed by atoms with Gasteiger partial charge in [0, 0.05) is 44.6 Å². The highest BCUT2D eigenvalue weighted by Crippen LogP contribution is 2.28. The summed E-state index contributed by atoms with van der Waals surface area (Å²) in [5.41, 5.74) is 0.387. The molecule has 2 fully saturated rings. The summed E-state index contributed by atoms with van der Waals surface area (Å²) in [5, 5.41) is 3.56. The molecule has 0 saturated heterocycles. The average molecular weight is 499 g/mol. The molecule has 2 saturated carbocycles. The maximum atomic E-state index is 13.2. The molecule has 0 atom stereocenters. The summed E-state index contributed by atoms with van der Waals surface area (Å²) in [4.78, 5) is 26.9. The van der Waals surface area contributed by atoms with Gasteiger partial charge in [0.2, 0.25) is 0 Å². The van der Waals surface area contributed by atoms with Crippen LogP contribution in [0.25, 0.3) is 5.69 Å². The second-order valence-corrected chi connectivity index (χ2v) is 11.2. The Labute approximate surface area is 214 Å². The standard InChI is InChI=1S/C28H42N4O4/c1-28(2,3)36-27(34)30(4)18-17-29-21-9-11-22(12-10-21)31-19-20-32(26(31)33)23-13-15-25(16-14-23)35-24-7-5-6-8-24/h13-16,19-22,24,29H,5-12,17-18H2,1-4H3. The number of benzene rings is 1. The number of hydrogen-bond donors (Lipinski definition) is 1. The van der Waals surface area contributed by atoms with E-state index >= 15 is 0 Å². The van der Waals surface area contributed by atoms with E-state index in [4.69, 9.17) is 9.47 Å². The third kappa shape index (κ3) is 6.93. The third-order valence-corrected chi connectivity index (χ3v) is 7.20. The summed E-state index contributed by atoms with van der Waals surface area (Å²) in [5.74, 6) is 0.876. The Kier molecular flexibility index (Phi) is 8.44. The monoisotopic (exact) mass is 498 g/mol. The minimum Gasteiger partial charge on any atom is -0.490 e. The number of imidazole rings is 1. The van der Waals surface area contributed by atoms with Gasteiger partial charge in [0.05, 0.1) is 11.8 Å². The van der Waals surface area contributed by atoms with Crippen molar-refractivity contribution in [3.63, 3.8) is 0 Å². The van der Waals surface area contributed by atoms with Crippen LogP contribution in [0.1, 0.15) is 78.2 Å². The lowest BCUT2D eigenvalue weighted by molar-refractivity contribution is 0.0298. The number of amides is 1. The molecule has 0 radical (unpaired) electrons. The lowest BCUT2D eigenvalue weighted by Gasteiger charge is -2.30. The Morgan fingerprint density at radius 1 is 1.03 bits per heavy atom. The number of ether oxygens (including phenoxy) is 2. The van der Waals surface area contributed by atoms with Crippen molar-refractivity contribution in [2.24, 2.45) is 0 Å². The molecule has 2 aliphatic rings. The number of rotatable bonds is 8. The molecular formula is C28H42N4O4.